The van der Waals surface area contributed by atoms with Gasteiger partial charge in [-0.3, -0.25) is 4.98 Å². The Morgan fingerprint density at radius 3 is 2.63 bits per heavy atom. The van der Waals surface area contributed by atoms with Crippen LogP contribution in [0.4, 0.5) is 24.9 Å². The average Bonchev–Trinajstić information content (AvgIpc) is 3.33. The lowest BCUT2D eigenvalue weighted by Gasteiger charge is -2.22. The molecule has 0 amide bonds. The fourth-order valence-corrected chi connectivity index (χ4v) is 4.88. The van der Waals surface area contributed by atoms with Crippen molar-refractivity contribution in [2.24, 2.45) is 17.8 Å². The van der Waals surface area contributed by atoms with Gasteiger partial charge < -0.3 is 20.2 Å². The second-order valence-corrected chi connectivity index (χ2v) is 9.54. The molecular formula is C24H29ClF3N5O2. The van der Waals surface area contributed by atoms with Crippen LogP contribution in [0.3, 0.4) is 0 Å². The molecule has 1 fully saturated rings. The normalized spacial score (nSPS) is 22.6. The number of pyridine rings is 1. The molecule has 0 spiro atoms. The SMILES string of the molecule is CCc1cc2cc(-c3c(Cl)nc(NCCC(F)(F)F)nc3N[C@@H]3C[C@H](CO)[C@@H](C)[C@H]3C)oc2cn1. The number of halogens is 4. The fraction of sp³-hybridized carbons (Fsp3) is 0.542. The van der Waals surface area contributed by atoms with Crippen LogP contribution in [0.1, 0.15) is 39.3 Å². The molecular weight excluding hydrogens is 483 g/mol. The van der Waals surface area contributed by atoms with Gasteiger partial charge in [-0.1, -0.05) is 32.4 Å². The van der Waals surface area contributed by atoms with Gasteiger partial charge in [0, 0.05) is 30.3 Å². The average molecular weight is 512 g/mol. The van der Waals surface area contributed by atoms with E-state index in [1.807, 2.05) is 19.1 Å². The standard InChI is InChI=1S/C24H29ClF3N5O2/c1-4-16-7-14-9-18(35-19(14)10-30-16)20-21(25)32-23(29-6-5-24(26,27)28)33-22(20)31-17-8-15(11-34)12(2)13(17)3/h7,9-10,12-13,15,17,34H,4-6,8,11H2,1-3H3,(H2,29,31,32,33)/t12-,13+,15+,17+/m0/s1. The molecule has 35 heavy (non-hydrogen) atoms. The molecule has 0 saturated heterocycles. The summed E-state index contributed by atoms with van der Waals surface area (Å²) >= 11 is 6.56. The van der Waals surface area contributed by atoms with Crippen molar-refractivity contribution in [2.75, 3.05) is 23.8 Å². The van der Waals surface area contributed by atoms with Crippen LogP contribution in [0, 0.1) is 17.8 Å². The molecule has 3 aromatic rings. The van der Waals surface area contributed by atoms with E-state index in [-0.39, 0.29) is 48.0 Å². The number of nitrogens with zero attached hydrogens (tertiary/aromatic N) is 3. The topological polar surface area (TPSA) is 96.1 Å². The molecule has 0 bridgehead atoms. The van der Waals surface area contributed by atoms with Crippen molar-refractivity contribution in [1.82, 2.24) is 15.0 Å². The van der Waals surface area contributed by atoms with Crippen LogP contribution in [0.5, 0.6) is 0 Å². The summed E-state index contributed by atoms with van der Waals surface area (Å²) in [5.41, 5.74) is 1.92. The van der Waals surface area contributed by atoms with E-state index in [2.05, 4.69) is 39.4 Å². The number of aromatic nitrogens is 3. The minimum absolute atomic E-state index is 0.00560. The highest BCUT2D eigenvalue weighted by molar-refractivity contribution is 6.32. The van der Waals surface area contributed by atoms with Crippen molar-refractivity contribution in [3.8, 4) is 11.3 Å². The molecule has 3 N–H and O–H groups in total. The molecule has 3 heterocycles. The Morgan fingerprint density at radius 2 is 1.97 bits per heavy atom. The molecule has 1 aliphatic rings. The van der Waals surface area contributed by atoms with Gasteiger partial charge in [0.1, 0.15) is 16.7 Å². The number of furan rings is 1. The van der Waals surface area contributed by atoms with Gasteiger partial charge in [-0.25, -0.2) is 4.98 Å². The van der Waals surface area contributed by atoms with Crippen molar-refractivity contribution in [2.45, 2.75) is 52.3 Å². The number of hydrogen-bond donors (Lipinski definition) is 3. The van der Waals surface area contributed by atoms with E-state index < -0.39 is 12.6 Å². The summed E-state index contributed by atoms with van der Waals surface area (Å²) in [6, 6.07) is 3.75. The first-order valence-corrected chi connectivity index (χ1v) is 12.1. The molecule has 4 rings (SSSR count). The zero-order valence-corrected chi connectivity index (χ0v) is 20.5. The number of fused-ring (bicyclic) bond motifs is 1. The molecule has 3 aromatic heterocycles. The van der Waals surface area contributed by atoms with E-state index in [0.29, 0.717) is 22.7 Å². The Bertz CT molecular complexity index is 1190. The Labute approximate surface area is 206 Å². The number of hydrogen-bond acceptors (Lipinski definition) is 7. The minimum Gasteiger partial charge on any atom is -0.454 e. The predicted octanol–water partition coefficient (Wildman–Crippen LogP) is 5.93. The monoisotopic (exact) mass is 511 g/mol. The van der Waals surface area contributed by atoms with E-state index in [0.717, 1.165) is 23.9 Å². The van der Waals surface area contributed by atoms with E-state index in [4.69, 9.17) is 16.0 Å². The zero-order valence-electron chi connectivity index (χ0n) is 19.8. The van der Waals surface area contributed by atoms with Crippen LogP contribution in [0.2, 0.25) is 5.15 Å². The van der Waals surface area contributed by atoms with E-state index in [1.165, 1.54) is 0 Å². The summed E-state index contributed by atoms with van der Waals surface area (Å²) in [5.74, 6) is 1.44. The highest BCUT2D eigenvalue weighted by Crippen LogP contribution is 2.42. The smallest absolute Gasteiger partial charge is 0.390 e. The molecule has 1 aliphatic carbocycles. The quantitative estimate of drug-likeness (QED) is 0.322. The third kappa shape index (κ3) is 5.64. The number of aryl methyl sites for hydroxylation is 1. The van der Waals surface area contributed by atoms with Crippen molar-refractivity contribution < 1.29 is 22.7 Å². The van der Waals surface area contributed by atoms with Gasteiger partial charge in [-0.2, -0.15) is 18.2 Å². The Balaban J connectivity index is 1.72. The van der Waals surface area contributed by atoms with Crippen LogP contribution in [0.15, 0.2) is 22.7 Å². The third-order valence-corrected chi connectivity index (χ3v) is 7.22. The zero-order chi connectivity index (χ0) is 25.3. The molecule has 190 valence electrons. The number of aliphatic hydroxyl groups excluding tert-OH is 1. The van der Waals surface area contributed by atoms with Gasteiger partial charge in [0.2, 0.25) is 5.95 Å². The fourth-order valence-electron chi connectivity index (χ4n) is 4.62. The van der Waals surface area contributed by atoms with Crippen molar-refractivity contribution in [3.05, 3.63) is 29.2 Å². The van der Waals surface area contributed by atoms with Gasteiger partial charge in [0.05, 0.1) is 18.2 Å². The Kier molecular flexibility index (Phi) is 7.42. The van der Waals surface area contributed by atoms with Crippen molar-refractivity contribution in [3.63, 3.8) is 0 Å². The van der Waals surface area contributed by atoms with Crippen molar-refractivity contribution >= 4 is 34.3 Å². The first-order chi connectivity index (χ1) is 16.6. The Hall–Kier alpha value is -2.59. The second-order valence-electron chi connectivity index (χ2n) is 9.18. The van der Waals surface area contributed by atoms with E-state index >= 15 is 0 Å². The molecule has 0 aromatic carbocycles. The molecule has 0 radical (unpaired) electrons. The summed E-state index contributed by atoms with van der Waals surface area (Å²) in [6.07, 6.45) is -2.18. The van der Waals surface area contributed by atoms with Crippen LogP contribution < -0.4 is 10.6 Å². The number of rotatable bonds is 8. The summed E-state index contributed by atoms with van der Waals surface area (Å²) in [5, 5.41) is 16.7. The molecule has 0 aliphatic heterocycles. The lowest BCUT2D eigenvalue weighted by Crippen LogP contribution is -2.25. The maximum atomic E-state index is 12.6. The summed E-state index contributed by atoms with van der Waals surface area (Å²) in [4.78, 5) is 13.0. The number of alkyl halides is 3. The highest BCUT2D eigenvalue weighted by atomic mass is 35.5. The Morgan fingerprint density at radius 1 is 1.20 bits per heavy atom. The number of nitrogens with one attached hydrogen (secondary N) is 2. The maximum Gasteiger partial charge on any atom is 0.390 e. The van der Waals surface area contributed by atoms with Crippen LogP contribution in [0.25, 0.3) is 22.3 Å². The lowest BCUT2D eigenvalue weighted by atomic mass is 9.92. The first-order valence-electron chi connectivity index (χ1n) is 11.7. The molecule has 11 heteroatoms. The number of anilines is 2. The largest absolute Gasteiger partial charge is 0.454 e. The molecule has 1 saturated carbocycles. The summed E-state index contributed by atoms with van der Waals surface area (Å²) in [6.45, 7) is 5.92. The van der Waals surface area contributed by atoms with Crippen molar-refractivity contribution in [1.29, 1.82) is 0 Å². The molecule has 7 nitrogen and oxygen atoms in total. The van der Waals surface area contributed by atoms with Crippen LogP contribution in [-0.2, 0) is 6.42 Å². The predicted molar refractivity (Wildman–Crippen MR) is 130 cm³/mol. The van der Waals surface area contributed by atoms with Crippen LogP contribution >= 0.6 is 11.6 Å². The molecule has 0 unspecified atom stereocenters. The van der Waals surface area contributed by atoms with E-state index in [9.17, 15) is 18.3 Å². The van der Waals surface area contributed by atoms with Gasteiger partial charge in [-0.15, -0.1) is 0 Å². The maximum absolute atomic E-state index is 12.6. The van der Waals surface area contributed by atoms with Gasteiger partial charge in [0.15, 0.2) is 5.58 Å². The number of aliphatic hydroxyl groups is 1. The highest BCUT2D eigenvalue weighted by Gasteiger charge is 2.38. The van der Waals surface area contributed by atoms with Gasteiger partial charge >= 0.3 is 6.18 Å². The van der Waals surface area contributed by atoms with Gasteiger partial charge in [0.25, 0.3) is 0 Å². The van der Waals surface area contributed by atoms with Gasteiger partial charge in [-0.05, 0) is 42.7 Å². The third-order valence-electron chi connectivity index (χ3n) is 6.95. The second kappa shape index (κ2) is 10.2. The molecule has 4 atom stereocenters. The summed E-state index contributed by atoms with van der Waals surface area (Å²) in [7, 11) is 0. The lowest BCUT2D eigenvalue weighted by molar-refractivity contribution is -0.131. The summed E-state index contributed by atoms with van der Waals surface area (Å²) < 4.78 is 43.9. The first kappa shape index (κ1) is 25.5. The van der Waals surface area contributed by atoms with E-state index in [1.54, 1.807) is 6.20 Å². The minimum atomic E-state index is -4.30. The van der Waals surface area contributed by atoms with Crippen LogP contribution in [-0.4, -0.2) is 45.4 Å².